The van der Waals surface area contributed by atoms with Crippen LogP contribution in [0, 0.1) is 34.6 Å². The van der Waals surface area contributed by atoms with Crippen LogP contribution in [0.1, 0.15) is 28.3 Å². The summed E-state index contributed by atoms with van der Waals surface area (Å²) in [5.41, 5.74) is 5.27. The Morgan fingerprint density at radius 3 is 2.38 bits per heavy atom. The Morgan fingerprint density at radius 1 is 1.14 bits per heavy atom. The zero-order valence-electron chi connectivity index (χ0n) is 13.4. The van der Waals surface area contributed by atoms with Crippen LogP contribution >= 0.6 is 0 Å². The van der Waals surface area contributed by atoms with Crippen molar-refractivity contribution in [3.8, 4) is 0 Å². The third-order valence-corrected chi connectivity index (χ3v) is 3.79. The van der Waals surface area contributed by atoms with E-state index in [1.54, 1.807) is 4.68 Å². The number of rotatable bonds is 5. The van der Waals surface area contributed by atoms with Crippen molar-refractivity contribution in [2.45, 2.75) is 47.7 Å². The minimum atomic E-state index is -0.0258. The lowest BCUT2D eigenvalue weighted by Crippen LogP contribution is -2.31. The molecule has 1 N–H and O–H groups in total. The van der Waals surface area contributed by atoms with Crippen LogP contribution < -0.4 is 5.32 Å². The van der Waals surface area contributed by atoms with Crippen LogP contribution in [-0.4, -0.2) is 32.0 Å². The highest BCUT2D eigenvalue weighted by Crippen LogP contribution is 2.10. The third-order valence-electron chi connectivity index (χ3n) is 3.79. The lowest BCUT2D eigenvalue weighted by molar-refractivity contribution is -0.121. The van der Waals surface area contributed by atoms with Gasteiger partial charge in [0.1, 0.15) is 6.54 Å². The maximum absolute atomic E-state index is 12.0. The van der Waals surface area contributed by atoms with Gasteiger partial charge in [0.25, 0.3) is 0 Å². The van der Waals surface area contributed by atoms with Gasteiger partial charge in [0.15, 0.2) is 0 Å². The second-order valence-electron chi connectivity index (χ2n) is 5.45. The van der Waals surface area contributed by atoms with E-state index in [0.717, 1.165) is 28.3 Å². The Hall–Kier alpha value is -2.11. The Bertz CT molecular complexity index is 653. The maximum Gasteiger partial charge on any atom is 0.241 e. The Labute approximate surface area is 125 Å². The summed E-state index contributed by atoms with van der Waals surface area (Å²) in [7, 11) is 0. The van der Waals surface area contributed by atoms with Gasteiger partial charge in [0.05, 0.1) is 17.9 Å². The van der Waals surface area contributed by atoms with Gasteiger partial charge >= 0.3 is 0 Å². The topological polar surface area (TPSA) is 64.7 Å². The third kappa shape index (κ3) is 3.51. The van der Waals surface area contributed by atoms with E-state index in [-0.39, 0.29) is 12.5 Å². The molecule has 0 fully saturated rings. The Kier molecular flexibility index (Phi) is 4.45. The maximum atomic E-state index is 12.0. The highest BCUT2D eigenvalue weighted by atomic mass is 16.2. The molecule has 0 aromatic carbocycles. The monoisotopic (exact) mass is 289 g/mol. The van der Waals surface area contributed by atoms with E-state index in [9.17, 15) is 4.79 Å². The number of nitrogens with one attached hydrogen (secondary N) is 1. The van der Waals surface area contributed by atoms with E-state index >= 15 is 0 Å². The molecule has 2 heterocycles. The zero-order valence-corrected chi connectivity index (χ0v) is 13.4. The summed E-state index contributed by atoms with van der Waals surface area (Å²) in [5.74, 6) is -0.0258. The molecule has 6 heteroatoms. The molecule has 2 aromatic heterocycles. The Balaban J connectivity index is 1.85. The largest absolute Gasteiger partial charge is 0.353 e. The smallest absolute Gasteiger partial charge is 0.241 e. The average molecular weight is 289 g/mol. The fourth-order valence-electron chi connectivity index (χ4n) is 2.33. The van der Waals surface area contributed by atoms with Crippen LogP contribution in [0.15, 0.2) is 6.07 Å². The predicted octanol–water partition coefficient (Wildman–Crippen LogP) is 1.44. The van der Waals surface area contributed by atoms with Crippen molar-refractivity contribution in [1.82, 2.24) is 24.9 Å². The molecule has 0 bridgehead atoms. The summed E-state index contributed by atoms with van der Waals surface area (Å²) in [6.45, 7) is 11.5. The normalized spacial score (nSPS) is 10.9. The van der Waals surface area contributed by atoms with Gasteiger partial charge in [-0.3, -0.25) is 14.2 Å². The lowest BCUT2D eigenvalue weighted by atomic mass is 10.2. The molecular weight excluding hydrogens is 266 g/mol. The van der Waals surface area contributed by atoms with E-state index in [4.69, 9.17) is 0 Å². The molecule has 1 amide bonds. The SMILES string of the molecule is Cc1cc(C)n(CCNC(=O)Cn2nc(C)c(C)c2C)n1. The zero-order chi connectivity index (χ0) is 15.6. The average Bonchev–Trinajstić information content (AvgIpc) is 2.85. The van der Waals surface area contributed by atoms with Crippen molar-refractivity contribution in [3.05, 3.63) is 34.4 Å². The Morgan fingerprint density at radius 2 is 1.86 bits per heavy atom. The fourth-order valence-corrected chi connectivity index (χ4v) is 2.33. The first-order chi connectivity index (χ1) is 9.88. The molecule has 0 spiro atoms. The van der Waals surface area contributed by atoms with Crippen molar-refractivity contribution >= 4 is 5.91 Å². The standard InChI is InChI=1S/C15H23N5O/c1-10-8-11(2)19(17-10)7-6-16-15(21)9-20-14(5)12(3)13(4)18-20/h8H,6-7,9H2,1-5H3,(H,16,21). The van der Waals surface area contributed by atoms with Crippen LogP contribution in [0.25, 0.3) is 0 Å². The van der Waals surface area contributed by atoms with Gasteiger partial charge in [-0.2, -0.15) is 10.2 Å². The first-order valence-electron chi connectivity index (χ1n) is 7.17. The summed E-state index contributed by atoms with van der Waals surface area (Å²) in [5, 5.41) is 11.7. The molecule has 0 aliphatic heterocycles. The second kappa shape index (κ2) is 6.11. The molecule has 2 rings (SSSR count). The first-order valence-corrected chi connectivity index (χ1v) is 7.17. The summed E-state index contributed by atoms with van der Waals surface area (Å²) in [6.07, 6.45) is 0. The molecule has 0 radical (unpaired) electrons. The molecular formula is C15H23N5O. The van der Waals surface area contributed by atoms with Crippen molar-refractivity contribution in [2.75, 3.05) is 6.54 Å². The van der Waals surface area contributed by atoms with Gasteiger partial charge in [-0.15, -0.1) is 0 Å². The van der Waals surface area contributed by atoms with Gasteiger partial charge in [0, 0.05) is 17.9 Å². The summed E-state index contributed by atoms with van der Waals surface area (Å²) in [6, 6.07) is 2.03. The molecule has 2 aromatic rings. The van der Waals surface area contributed by atoms with Crippen LogP contribution in [0.2, 0.25) is 0 Å². The van der Waals surface area contributed by atoms with Crippen molar-refractivity contribution in [3.63, 3.8) is 0 Å². The van der Waals surface area contributed by atoms with E-state index in [2.05, 4.69) is 15.5 Å². The fraction of sp³-hybridized carbons (Fsp3) is 0.533. The van der Waals surface area contributed by atoms with Crippen LogP contribution in [0.5, 0.6) is 0 Å². The molecule has 0 saturated heterocycles. The van der Waals surface area contributed by atoms with Crippen LogP contribution in [0.3, 0.4) is 0 Å². The van der Waals surface area contributed by atoms with Crippen LogP contribution in [0.4, 0.5) is 0 Å². The number of hydrogen-bond donors (Lipinski definition) is 1. The number of carbonyl (C=O) groups excluding carboxylic acids is 1. The van der Waals surface area contributed by atoms with Crippen LogP contribution in [-0.2, 0) is 17.9 Å². The number of hydrogen-bond acceptors (Lipinski definition) is 3. The molecule has 0 unspecified atom stereocenters. The minimum Gasteiger partial charge on any atom is -0.353 e. The number of carbonyl (C=O) groups is 1. The predicted molar refractivity (Wildman–Crippen MR) is 81.1 cm³/mol. The molecule has 6 nitrogen and oxygen atoms in total. The van der Waals surface area contributed by atoms with Gasteiger partial charge in [-0.1, -0.05) is 0 Å². The molecule has 0 aliphatic carbocycles. The molecule has 114 valence electrons. The molecule has 0 aliphatic rings. The number of amides is 1. The molecule has 0 atom stereocenters. The van der Waals surface area contributed by atoms with Crippen molar-refractivity contribution < 1.29 is 4.79 Å². The van der Waals surface area contributed by atoms with Gasteiger partial charge in [-0.25, -0.2) is 0 Å². The summed E-state index contributed by atoms with van der Waals surface area (Å²) < 4.78 is 3.66. The van der Waals surface area contributed by atoms with E-state index in [0.29, 0.717) is 13.1 Å². The van der Waals surface area contributed by atoms with Gasteiger partial charge < -0.3 is 5.32 Å². The van der Waals surface area contributed by atoms with Gasteiger partial charge in [0.2, 0.25) is 5.91 Å². The highest BCUT2D eigenvalue weighted by Gasteiger charge is 2.10. The number of nitrogens with zero attached hydrogens (tertiary/aromatic N) is 4. The number of aryl methyl sites for hydroxylation is 3. The van der Waals surface area contributed by atoms with Crippen molar-refractivity contribution in [1.29, 1.82) is 0 Å². The van der Waals surface area contributed by atoms with E-state index in [1.807, 2.05) is 45.4 Å². The van der Waals surface area contributed by atoms with Gasteiger partial charge in [-0.05, 0) is 46.2 Å². The molecule has 0 saturated carbocycles. The lowest BCUT2D eigenvalue weighted by Gasteiger charge is -2.08. The highest BCUT2D eigenvalue weighted by molar-refractivity contribution is 5.75. The quantitative estimate of drug-likeness (QED) is 0.906. The summed E-state index contributed by atoms with van der Waals surface area (Å²) in [4.78, 5) is 12.0. The van der Waals surface area contributed by atoms with E-state index in [1.165, 1.54) is 0 Å². The number of aromatic nitrogens is 4. The first kappa shape index (κ1) is 15.3. The second-order valence-corrected chi connectivity index (χ2v) is 5.45. The summed E-state index contributed by atoms with van der Waals surface area (Å²) >= 11 is 0. The molecule has 21 heavy (non-hydrogen) atoms. The van der Waals surface area contributed by atoms with Crippen molar-refractivity contribution in [2.24, 2.45) is 0 Å². The minimum absolute atomic E-state index is 0.0258. The van der Waals surface area contributed by atoms with E-state index < -0.39 is 0 Å².